The van der Waals surface area contributed by atoms with Crippen molar-refractivity contribution < 1.29 is 19.4 Å². The topological polar surface area (TPSA) is 91.6 Å². The predicted octanol–water partition coefficient (Wildman–Crippen LogP) is 2.83. The van der Waals surface area contributed by atoms with E-state index >= 15 is 0 Å². The molecule has 2 aromatic heterocycles. The molecule has 1 aliphatic heterocycles. The molecule has 0 saturated carbocycles. The van der Waals surface area contributed by atoms with Crippen molar-refractivity contribution in [2.75, 3.05) is 64.9 Å². The van der Waals surface area contributed by atoms with Crippen LogP contribution in [0.4, 0.5) is 5.69 Å². The van der Waals surface area contributed by atoms with E-state index in [1.54, 1.807) is 12.1 Å². The molecule has 5 rings (SSSR count). The molecule has 190 valence electrons. The fraction of sp³-hybridized carbons (Fsp3) is 0.407. The van der Waals surface area contributed by atoms with Crippen molar-refractivity contribution in [2.45, 2.75) is 12.8 Å². The van der Waals surface area contributed by atoms with Crippen molar-refractivity contribution >= 4 is 22.8 Å². The highest BCUT2D eigenvalue weighted by Crippen LogP contribution is 2.31. The second kappa shape index (κ2) is 11.1. The molecule has 9 heteroatoms. The fourth-order valence-corrected chi connectivity index (χ4v) is 4.64. The van der Waals surface area contributed by atoms with Crippen LogP contribution in [0.15, 0.2) is 54.4 Å². The summed E-state index contributed by atoms with van der Waals surface area (Å²) in [6, 6.07) is 12.9. The lowest BCUT2D eigenvalue weighted by molar-refractivity contribution is -0.111. The van der Waals surface area contributed by atoms with Crippen LogP contribution in [0.5, 0.6) is 5.75 Å². The molecule has 9 nitrogen and oxygen atoms in total. The van der Waals surface area contributed by atoms with E-state index in [0.717, 1.165) is 44.1 Å². The first-order valence-corrected chi connectivity index (χ1v) is 12.5. The quantitative estimate of drug-likeness (QED) is 0.445. The first-order valence-electron chi connectivity index (χ1n) is 12.5. The molecule has 1 aromatic carbocycles. The van der Waals surface area contributed by atoms with E-state index in [9.17, 15) is 9.90 Å². The number of nitrogens with zero attached hydrogens (tertiary/aromatic N) is 4. The molecule has 2 N–H and O–H groups in total. The number of carbonyl (C=O) groups is 1. The molecule has 36 heavy (non-hydrogen) atoms. The Morgan fingerprint density at radius 1 is 1.03 bits per heavy atom. The molecule has 2 aliphatic rings. The number of aryl methyl sites for hydroxylation is 1. The minimum absolute atomic E-state index is 0.0657. The van der Waals surface area contributed by atoms with Gasteiger partial charge >= 0.3 is 0 Å². The van der Waals surface area contributed by atoms with Gasteiger partial charge in [0.1, 0.15) is 35.0 Å². The van der Waals surface area contributed by atoms with E-state index in [2.05, 4.69) is 27.1 Å². The average Bonchev–Trinajstić information content (AvgIpc) is 3.26. The summed E-state index contributed by atoms with van der Waals surface area (Å²) in [5.41, 5.74) is 3.08. The van der Waals surface area contributed by atoms with Gasteiger partial charge in [0.15, 0.2) is 0 Å². The average molecular weight is 492 g/mol. The zero-order chi connectivity index (χ0) is 24.9. The van der Waals surface area contributed by atoms with Gasteiger partial charge in [0.2, 0.25) is 0 Å². The van der Waals surface area contributed by atoms with E-state index in [4.69, 9.17) is 9.47 Å². The third kappa shape index (κ3) is 5.53. The van der Waals surface area contributed by atoms with Crippen molar-refractivity contribution in [1.82, 2.24) is 19.2 Å². The molecule has 3 heterocycles. The summed E-state index contributed by atoms with van der Waals surface area (Å²) in [5.74, 6) is 0.397. The Hall–Kier alpha value is -3.40. The van der Waals surface area contributed by atoms with Gasteiger partial charge in [-0.25, -0.2) is 4.98 Å². The number of carbonyl (C=O) groups excluding carboxylic acids is 1. The maximum atomic E-state index is 13.1. The Balaban J connectivity index is 1.10. The van der Waals surface area contributed by atoms with Crippen LogP contribution in [0.25, 0.3) is 11.2 Å². The summed E-state index contributed by atoms with van der Waals surface area (Å²) in [4.78, 5) is 22.4. The maximum Gasteiger partial charge on any atom is 0.261 e. The highest BCUT2D eigenvalue weighted by atomic mass is 16.5. The van der Waals surface area contributed by atoms with Gasteiger partial charge in [-0.05, 0) is 49.9 Å². The first kappa shape index (κ1) is 24.3. The number of ether oxygens (including phenoxy) is 2. The number of aliphatic hydroxyl groups excluding tert-OH is 1. The number of hydrogen-bond acceptors (Lipinski definition) is 7. The SMILES string of the molecule is CN1CCN(CCOCCOc2ccc(NC(=O)C3=C(O)CCc4c3nc3ccccn43)cc2)CC1. The third-order valence-corrected chi connectivity index (χ3v) is 6.74. The second-order valence-corrected chi connectivity index (χ2v) is 9.24. The number of anilines is 1. The zero-order valence-electron chi connectivity index (χ0n) is 20.7. The van der Waals surface area contributed by atoms with Crippen molar-refractivity contribution in [1.29, 1.82) is 0 Å². The number of likely N-dealkylation sites (N-methyl/N-ethyl adjacent to an activating group) is 1. The largest absolute Gasteiger partial charge is 0.511 e. The fourth-order valence-electron chi connectivity index (χ4n) is 4.64. The number of imidazole rings is 1. The van der Waals surface area contributed by atoms with Gasteiger partial charge in [-0.1, -0.05) is 6.07 Å². The molecule has 0 unspecified atom stereocenters. The Morgan fingerprint density at radius 3 is 2.64 bits per heavy atom. The van der Waals surface area contributed by atoms with Gasteiger partial charge in [0.05, 0.1) is 18.9 Å². The summed E-state index contributed by atoms with van der Waals surface area (Å²) < 4.78 is 13.5. The van der Waals surface area contributed by atoms with Gasteiger partial charge in [0.25, 0.3) is 5.91 Å². The molecule has 1 amide bonds. The Bertz CT molecular complexity index is 1230. The standard InChI is InChI=1S/C27H33N5O4/c1-30-12-14-31(15-13-30)16-17-35-18-19-36-21-7-5-20(6-8-21)28-27(34)25-23(33)10-9-22-26(25)29-24-4-2-3-11-32(22)24/h2-8,11,33H,9-10,12-19H2,1H3,(H,28,34). The number of benzene rings is 1. The molecule has 0 spiro atoms. The maximum absolute atomic E-state index is 13.1. The van der Waals surface area contributed by atoms with Gasteiger partial charge in [-0.2, -0.15) is 0 Å². The van der Waals surface area contributed by atoms with Crippen LogP contribution in [0.2, 0.25) is 0 Å². The number of amides is 1. The van der Waals surface area contributed by atoms with Crippen LogP contribution in [0, 0.1) is 0 Å². The van der Waals surface area contributed by atoms with E-state index < -0.39 is 0 Å². The number of hydrogen-bond donors (Lipinski definition) is 2. The van der Waals surface area contributed by atoms with Gasteiger partial charge in [-0.15, -0.1) is 0 Å². The molecule has 1 saturated heterocycles. The molecular formula is C27H33N5O4. The second-order valence-electron chi connectivity index (χ2n) is 9.24. The normalized spacial score (nSPS) is 16.8. The molecule has 1 fully saturated rings. The lowest BCUT2D eigenvalue weighted by Crippen LogP contribution is -2.45. The third-order valence-electron chi connectivity index (χ3n) is 6.74. The highest BCUT2D eigenvalue weighted by molar-refractivity contribution is 6.26. The number of nitrogens with one attached hydrogen (secondary N) is 1. The monoisotopic (exact) mass is 491 g/mol. The number of rotatable bonds is 9. The van der Waals surface area contributed by atoms with Crippen molar-refractivity contribution in [3.63, 3.8) is 0 Å². The minimum atomic E-state index is -0.376. The predicted molar refractivity (Wildman–Crippen MR) is 138 cm³/mol. The van der Waals surface area contributed by atoms with Crippen LogP contribution in [-0.4, -0.2) is 89.8 Å². The van der Waals surface area contributed by atoms with Crippen molar-refractivity contribution in [3.05, 3.63) is 65.8 Å². The molecule has 1 aliphatic carbocycles. The molecule has 0 atom stereocenters. The van der Waals surface area contributed by atoms with Crippen molar-refractivity contribution in [3.8, 4) is 5.75 Å². The minimum Gasteiger partial charge on any atom is -0.511 e. The number of piperazine rings is 1. The summed E-state index contributed by atoms with van der Waals surface area (Å²) >= 11 is 0. The van der Waals surface area contributed by atoms with Crippen LogP contribution in [0.1, 0.15) is 17.8 Å². The van der Waals surface area contributed by atoms with E-state index in [1.807, 2.05) is 40.9 Å². The number of aromatic nitrogens is 2. The van der Waals surface area contributed by atoms with Gasteiger partial charge in [0, 0.05) is 51.0 Å². The molecule has 0 radical (unpaired) electrons. The summed E-state index contributed by atoms with van der Waals surface area (Å²) in [6.07, 6.45) is 2.97. The first-order chi connectivity index (χ1) is 17.6. The number of aliphatic hydroxyl groups is 1. The van der Waals surface area contributed by atoms with Gasteiger partial charge < -0.3 is 29.2 Å². The smallest absolute Gasteiger partial charge is 0.261 e. The molecular weight excluding hydrogens is 458 g/mol. The highest BCUT2D eigenvalue weighted by Gasteiger charge is 2.28. The lowest BCUT2D eigenvalue weighted by Gasteiger charge is -2.32. The Labute approximate surface area is 210 Å². The van der Waals surface area contributed by atoms with Crippen LogP contribution in [-0.2, 0) is 16.0 Å². The Kier molecular flexibility index (Phi) is 7.50. The van der Waals surface area contributed by atoms with E-state index in [1.165, 1.54) is 0 Å². The zero-order valence-corrected chi connectivity index (χ0v) is 20.7. The number of fused-ring (bicyclic) bond motifs is 3. The van der Waals surface area contributed by atoms with E-state index in [0.29, 0.717) is 49.8 Å². The van der Waals surface area contributed by atoms with Crippen LogP contribution < -0.4 is 10.1 Å². The summed E-state index contributed by atoms with van der Waals surface area (Å²) in [7, 11) is 2.15. The van der Waals surface area contributed by atoms with Crippen molar-refractivity contribution in [2.24, 2.45) is 0 Å². The number of pyridine rings is 1. The van der Waals surface area contributed by atoms with Crippen LogP contribution >= 0.6 is 0 Å². The molecule has 3 aromatic rings. The summed E-state index contributed by atoms with van der Waals surface area (Å²) in [5, 5.41) is 13.4. The molecule has 0 bridgehead atoms. The lowest BCUT2D eigenvalue weighted by atomic mass is 9.97. The summed E-state index contributed by atoms with van der Waals surface area (Å²) in [6.45, 7) is 7.05. The van der Waals surface area contributed by atoms with E-state index in [-0.39, 0.29) is 17.2 Å². The Morgan fingerprint density at radius 2 is 1.83 bits per heavy atom. The van der Waals surface area contributed by atoms with Crippen LogP contribution in [0.3, 0.4) is 0 Å². The van der Waals surface area contributed by atoms with Gasteiger partial charge in [-0.3, -0.25) is 9.69 Å². The number of allylic oxidation sites excluding steroid dienone is 1.